The number of hydrogen-bond donors (Lipinski definition) is 1. The van der Waals surface area contributed by atoms with Gasteiger partial charge in [0, 0.05) is 106 Å². The largest absolute Gasteiger partial charge is 0.424 e. The van der Waals surface area contributed by atoms with Crippen LogP contribution >= 0.6 is 0 Å². The highest BCUT2D eigenvalue weighted by atomic mass is 16.6. The molecule has 18 heteroatoms. The van der Waals surface area contributed by atoms with E-state index in [0.717, 1.165) is 58.3 Å². The highest BCUT2D eigenvalue weighted by Gasteiger charge is 2.27. The molecule has 3 aliphatic heterocycles. The molecule has 0 spiro atoms. The number of ether oxygens (including phenoxy) is 2. The van der Waals surface area contributed by atoms with Crippen LogP contribution in [-0.2, 0) is 17.8 Å². The van der Waals surface area contributed by atoms with Crippen LogP contribution in [0.3, 0.4) is 0 Å². The van der Waals surface area contributed by atoms with Gasteiger partial charge in [-0.1, -0.05) is 103 Å². The van der Waals surface area contributed by atoms with Crippen molar-refractivity contribution in [3.63, 3.8) is 0 Å². The molecule has 5 aromatic carbocycles. The first kappa shape index (κ1) is 53.9. The lowest BCUT2D eigenvalue weighted by Crippen LogP contribution is -2.46. The number of para-hydroxylation sites is 1. The summed E-state index contributed by atoms with van der Waals surface area (Å²) in [6.45, 7) is 8.37. The number of imidazole rings is 2. The van der Waals surface area contributed by atoms with Gasteiger partial charge in [-0.05, 0) is 81.9 Å². The van der Waals surface area contributed by atoms with Crippen LogP contribution in [0.1, 0.15) is 49.7 Å². The van der Waals surface area contributed by atoms with Gasteiger partial charge in [0.05, 0.1) is 21.2 Å². The van der Waals surface area contributed by atoms with Crippen molar-refractivity contribution in [1.82, 2.24) is 39.1 Å². The molecule has 3 saturated heterocycles. The number of carbonyl (C=O) groups excluding carboxylic acids is 2. The summed E-state index contributed by atoms with van der Waals surface area (Å²) < 4.78 is 12.8. The number of likely N-dealkylation sites (tertiary alicyclic amines) is 2. The minimum atomic E-state index is -0.611. The Kier molecular flexibility index (Phi) is 20.2. The number of nitrogens with zero attached hydrogens (tertiary/aromatic N) is 9. The molecule has 10 rings (SSSR count). The number of hydrogen-bond acceptors (Lipinski definition) is 13. The maximum absolute atomic E-state index is 13.0. The molecule has 0 bridgehead atoms. The first-order chi connectivity index (χ1) is 36.0. The first-order valence-corrected chi connectivity index (χ1v) is 24.9. The van der Waals surface area contributed by atoms with Gasteiger partial charge in [-0.15, -0.1) is 0 Å². The van der Waals surface area contributed by atoms with Crippen LogP contribution in [0.15, 0.2) is 165 Å². The Hall–Kier alpha value is -7.90. The topological polar surface area (TPSA) is 196 Å². The summed E-state index contributed by atoms with van der Waals surface area (Å²) in [4.78, 5) is 61.0. The molecule has 0 aliphatic carbocycles. The molecule has 0 saturated carbocycles. The summed E-state index contributed by atoms with van der Waals surface area (Å²) >= 11 is 0. The Bertz CT molecular complexity index is 2840. The van der Waals surface area contributed by atoms with Crippen LogP contribution in [0.5, 0.6) is 5.75 Å². The van der Waals surface area contributed by atoms with E-state index in [1.807, 2.05) is 19.2 Å². The highest BCUT2D eigenvalue weighted by molar-refractivity contribution is 5.78. The van der Waals surface area contributed by atoms with E-state index in [2.05, 4.69) is 86.7 Å². The third kappa shape index (κ3) is 16.3. The highest BCUT2D eigenvalue weighted by Crippen LogP contribution is 2.25. The average molecular weight is 1010 g/mol. The van der Waals surface area contributed by atoms with Crippen LogP contribution in [0.4, 0.5) is 21.0 Å². The third-order valence-corrected chi connectivity index (χ3v) is 13.0. The smallest absolute Gasteiger partial charge is 0.410 e. The van der Waals surface area contributed by atoms with E-state index in [9.17, 15) is 29.8 Å². The summed E-state index contributed by atoms with van der Waals surface area (Å²) in [7, 11) is 3.89. The number of carbonyl (C=O) groups is 2. The molecule has 0 radical (unpaired) electrons. The van der Waals surface area contributed by atoms with E-state index >= 15 is 0 Å². The number of nitrogens with one attached hydrogen (secondary N) is 1. The fraction of sp³-hybridized carbons (Fsp3) is 0.321. The van der Waals surface area contributed by atoms with Gasteiger partial charge in [-0.25, -0.2) is 24.1 Å². The van der Waals surface area contributed by atoms with Crippen molar-refractivity contribution in [2.75, 3.05) is 53.5 Å². The van der Waals surface area contributed by atoms with E-state index in [1.165, 1.54) is 102 Å². The maximum Gasteiger partial charge on any atom is 0.424 e. The molecule has 0 unspecified atom stereocenters. The molecular weight excluding hydrogens is 941 g/mol. The Morgan fingerprint density at radius 2 is 1.11 bits per heavy atom. The third-order valence-electron chi connectivity index (χ3n) is 13.0. The molecule has 18 nitrogen and oxygen atoms in total. The summed E-state index contributed by atoms with van der Waals surface area (Å²) in [6.07, 6.45) is 12.2. The van der Waals surface area contributed by atoms with Crippen LogP contribution in [0, 0.1) is 20.2 Å². The molecule has 3 aliphatic rings. The van der Waals surface area contributed by atoms with Gasteiger partial charge in [0.25, 0.3) is 11.4 Å². The quantitative estimate of drug-likeness (QED) is 0.0950. The molecule has 1 amide bonds. The number of non-ortho nitro benzene ring substituents is 2. The molecular formula is C56H64N10O8. The zero-order chi connectivity index (χ0) is 52.1. The van der Waals surface area contributed by atoms with E-state index < -0.39 is 15.9 Å². The lowest BCUT2D eigenvalue weighted by atomic mass is 10.0. The van der Waals surface area contributed by atoms with E-state index in [-0.39, 0.29) is 23.4 Å². The van der Waals surface area contributed by atoms with Crippen LogP contribution in [0.2, 0.25) is 0 Å². The summed E-state index contributed by atoms with van der Waals surface area (Å²) in [5.41, 5.74) is 4.82. The Morgan fingerprint density at radius 3 is 1.57 bits per heavy atom. The lowest BCUT2D eigenvalue weighted by Gasteiger charge is -2.36. The molecule has 3 fully saturated rings. The Labute approximate surface area is 431 Å². The lowest BCUT2D eigenvalue weighted by molar-refractivity contribution is -0.385. The van der Waals surface area contributed by atoms with Crippen LogP contribution in [-0.4, -0.2) is 121 Å². The second-order valence-electron chi connectivity index (χ2n) is 18.2. The van der Waals surface area contributed by atoms with E-state index in [1.54, 1.807) is 59.6 Å². The maximum atomic E-state index is 13.0. The zero-order valence-corrected chi connectivity index (χ0v) is 41.9. The number of nitro benzene ring substituents is 2. The SMILES string of the molecule is C1CCOC1.CN(C(=O)n1cnc(-c2cccc([N+](=O)[O-])c2)c1)C1CCN(Cc2ccccc2)CC1.CNC1CCN(Cc2ccccc2)CC1.O=C(Oc1ccccc1)n1cnc(-c2cccc([N+](=O)[O-])c2)c1. The predicted molar refractivity (Wildman–Crippen MR) is 284 cm³/mol. The van der Waals surface area contributed by atoms with Gasteiger partial charge in [-0.2, -0.15) is 0 Å². The van der Waals surface area contributed by atoms with E-state index in [4.69, 9.17) is 9.47 Å². The van der Waals surface area contributed by atoms with Crippen molar-refractivity contribution in [3.8, 4) is 28.3 Å². The summed E-state index contributed by atoms with van der Waals surface area (Å²) in [6, 6.07) is 42.9. The minimum absolute atomic E-state index is 0.00208. The predicted octanol–water partition coefficient (Wildman–Crippen LogP) is 10.2. The van der Waals surface area contributed by atoms with Gasteiger partial charge < -0.3 is 19.7 Å². The Balaban J connectivity index is 0.000000162. The zero-order valence-electron chi connectivity index (χ0n) is 41.9. The van der Waals surface area contributed by atoms with E-state index in [0.29, 0.717) is 28.3 Å². The van der Waals surface area contributed by atoms with Gasteiger partial charge in [0.15, 0.2) is 0 Å². The number of piperidine rings is 2. The number of benzene rings is 5. The summed E-state index contributed by atoms with van der Waals surface area (Å²) in [5.74, 6) is 0.420. The monoisotopic (exact) mass is 1000 g/mol. The van der Waals surface area contributed by atoms with Crippen molar-refractivity contribution < 1.29 is 28.9 Å². The van der Waals surface area contributed by atoms with Gasteiger partial charge in [0.1, 0.15) is 18.4 Å². The average Bonchev–Trinajstić information content (AvgIpc) is 4.29. The van der Waals surface area contributed by atoms with Gasteiger partial charge in [0.2, 0.25) is 0 Å². The van der Waals surface area contributed by atoms with Crippen LogP contribution < -0.4 is 10.1 Å². The molecule has 74 heavy (non-hydrogen) atoms. The standard InChI is InChI=1S/C23H25N5O3.C16H11N3O4.C13H20N2.C4H8O/c1-25(20-10-12-26(13-11-20)15-18-6-3-2-4-7-18)23(29)27-16-22(24-17-27)19-8-5-9-21(14-19)28(30)31;20-16(23-14-7-2-1-3-8-14)18-10-15(17-11-18)12-5-4-6-13(9-12)19(21)22;1-14-13-7-9-15(10-8-13)11-12-5-3-2-4-6-12;1-2-4-5-3-1/h2-9,14,16-17,20H,10-13,15H2,1H3;1-11H;2-6,13-14H,7-11H2,1H3;1-4H2. The number of aromatic nitrogens is 4. The number of rotatable bonds is 11. The molecule has 1 N–H and O–H groups in total. The van der Waals surface area contributed by atoms with Crippen molar-refractivity contribution in [2.45, 2.75) is 63.7 Å². The second kappa shape index (κ2) is 27.8. The van der Waals surface area contributed by atoms with Crippen LogP contribution in [0.25, 0.3) is 22.5 Å². The minimum Gasteiger partial charge on any atom is -0.410 e. The van der Waals surface area contributed by atoms with Gasteiger partial charge >= 0.3 is 12.1 Å². The first-order valence-electron chi connectivity index (χ1n) is 24.9. The number of amides is 1. The van der Waals surface area contributed by atoms with Crippen molar-refractivity contribution in [2.24, 2.45) is 0 Å². The molecule has 386 valence electrons. The second-order valence-corrected chi connectivity index (χ2v) is 18.2. The van der Waals surface area contributed by atoms with Crippen molar-refractivity contribution >= 4 is 23.5 Å². The molecule has 0 atom stereocenters. The fourth-order valence-corrected chi connectivity index (χ4v) is 8.72. The fourth-order valence-electron chi connectivity index (χ4n) is 8.72. The van der Waals surface area contributed by atoms with Crippen molar-refractivity contribution in [1.29, 1.82) is 0 Å². The summed E-state index contributed by atoms with van der Waals surface area (Å²) in [5, 5.41) is 25.2. The Morgan fingerprint density at radius 1 is 0.649 bits per heavy atom. The van der Waals surface area contributed by atoms with Crippen molar-refractivity contribution in [3.05, 3.63) is 196 Å². The number of nitro groups is 2. The normalized spacial score (nSPS) is 15.0. The molecule has 2 aromatic heterocycles. The molecule has 7 aromatic rings. The molecule has 5 heterocycles. The van der Waals surface area contributed by atoms with Gasteiger partial charge in [-0.3, -0.25) is 34.6 Å².